The van der Waals surface area contributed by atoms with Crippen molar-refractivity contribution in [2.75, 3.05) is 13.2 Å². The number of benzene rings is 1. The van der Waals surface area contributed by atoms with Crippen molar-refractivity contribution in [3.05, 3.63) is 84.4 Å². The lowest BCUT2D eigenvalue weighted by Crippen LogP contribution is -2.37. The highest BCUT2D eigenvalue weighted by molar-refractivity contribution is 5.94. The van der Waals surface area contributed by atoms with Gasteiger partial charge in [0.15, 0.2) is 0 Å². The van der Waals surface area contributed by atoms with E-state index in [1.807, 2.05) is 53.4 Å². The zero-order valence-electron chi connectivity index (χ0n) is 15.7. The van der Waals surface area contributed by atoms with Gasteiger partial charge in [0.2, 0.25) is 0 Å². The molecule has 2 aromatic heterocycles. The van der Waals surface area contributed by atoms with Gasteiger partial charge in [0.1, 0.15) is 0 Å². The number of nitrogens with zero attached hydrogens (tertiary/aromatic N) is 3. The molecule has 0 radical (unpaired) electrons. The molecule has 142 valence electrons. The van der Waals surface area contributed by atoms with Gasteiger partial charge in [-0.25, -0.2) is 0 Å². The molecule has 0 N–H and O–H groups in total. The molecular formula is C23H23N3O2. The maximum Gasteiger partial charge on any atom is 0.254 e. The lowest BCUT2D eigenvalue weighted by Gasteiger charge is -2.26. The summed E-state index contributed by atoms with van der Waals surface area (Å²) in [7, 11) is 0. The van der Waals surface area contributed by atoms with Crippen LogP contribution in [0.15, 0.2) is 73.3 Å². The predicted molar refractivity (Wildman–Crippen MR) is 108 cm³/mol. The van der Waals surface area contributed by atoms with Crippen LogP contribution in [0.25, 0.3) is 11.1 Å². The van der Waals surface area contributed by atoms with Crippen LogP contribution in [0.4, 0.5) is 0 Å². The fourth-order valence-electron chi connectivity index (χ4n) is 3.49. The number of ether oxygens (including phenoxy) is 1. The van der Waals surface area contributed by atoms with Crippen LogP contribution >= 0.6 is 0 Å². The summed E-state index contributed by atoms with van der Waals surface area (Å²) in [5.41, 5.74) is 3.90. The molecule has 1 aromatic carbocycles. The van der Waals surface area contributed by atoms with Crippen LogP contribution in [0.1, 0.15) is 28.8 Å². The second-order valence-corrected chi connectivity index (χ2v) is 6.99. The smallest absolute Gasteiger partial charge is 0.254 e. The number of rotatable bonds is 6. The minimum absolute atomic E-state index is 0.0218. The Bertz CT molecular complexity index is 892. The van der Waals surface area contributed by atoms with Gasteiger partial charge in [-0.1, -0.05) is 12.1 Å². The Morgan fingerprint density at radius 1 is 0.929 bits per heavy atom. The molecule has 5 heteroatoms. The zero-order valence-corrected chi connectivity index (χ0v) is 15.7. The van der Waals surface area contributed by atoms with Gasteiger partial charge in [-0.15, -0.1) is 0 Å². The number of carbonyl (C=O) groups excluding carboxylic acids is 1. The van der Waals surface area contributed by atoms with Gasteiger partial charge in [-0.3, -0.25) is 14.8 Å². The van der Waals surface area contributed by atoms with Gasteiger partial charge in [0.25, 0.3) is 5.91 Å². The van der Waals surface area contributed by atoms with Crippen molar-refractivity contribution in [2.45, 2.75) is 25.5 Å². The first-order valence-electron chi connectivity index (χ1n) is 9.60. The fraction of sp³-hybridized carbons (Fsp3) is 0.261. The summed E-state index contributed by atoms with van der Waals surface area (Å²) in [5, 5.41) is 0. The maximum atomic E-state index is 13.2. The molecule has 1 aliphatic rings. The summed E-state index contributed by atoms with van der Waals surface area (Å²) in [4.78, 5) is 23.2. The monoisotopic (exact) mass is 373 g/mol. The quantitative estimate of drug-likeness (QED) is 0.656. The van der Waals surface area contributed by atoms with E-state index < -0.39 is 0 Å². The summed E-state index contributed by atoms with van der Waals surface area (Å²) >= 11 is 0. The Kier molecular flexibility index (Phi) is 5.73. The molecule has 0 bridgehead atoms. The highest BCUT2D eigenvalue weighted by atomic mass is 16.5. The molecule has 1 amide bonds. The van der Waals surface area contributed by atoms with Crippen LogP contribution in [0.3, 0.4) is 0 Å². The van der Waals surface area contributed by atoms with Crippen LogP contribution < -0.4 is 0 Å². The number of pyridine rings is 2. The average Bonchev–Trinajstić information content (AvgIpc) is 3.27. The average molecular weight is 373 g/mol. The molecule has 3 aromatic rings. The molecule has 0 aliphatic carbocycles. The number of amides is 1. The van der Waals surface area contributed by atoms with Gasteiger partial charge in [-0.05, 0) is 65.9 Å². The highest BCUT2D eigenvalue weighted by Crippen LogP contribution is 2.21. The molecule has 1 aliphatic heterocycles. The van der Waals surface area contributed by atoms with E-state index in [9.17, 15) is 4.79 Å². The van der Waals surface area contributed by atoms with E-state index in [1.54, 1.807) is 24.8 Å². The summed E-state index contributed by atoms with van der Waals surface area (Å²) in [6.45, 7) is 1.93. The maximum absolute atomic E-state index is 13.2. The van der Waals surface area contributed by atoms with Gasteiger partial charge in [-0.2, -0.15) is 0 Å². The molecule has 1 atom stereocenters. The first-order valence-corrected chi connectivity index (χ1v) is 9.60. The van der Waals surface area contributed by atoms with E-state index >= 15 is 0 Å². The van der Waals surface area contributed by atoms with Crippen molar-refractivity contribution in [3.8, 4) is 11.1 Å². The predicted octanol–water partition coefficient (Wildman–Crippen LogP) is 3.97. The zero-order chi connectivity index (χ0) is 19.2. The van der Waals surface area contributed by atoms with Crippen LogP contribution in [0.2, 0.25) is 0 Å². The van der Waals surface area contributed by atoms with E-state index in [4.69, 9.17) is 4.74 Å². The topological polar surface area (TPSA) is 55.3 Å². The van der Waals surface area contributed by atoms with Crippen LogP contribution in [-0.4, -0.2) is 40.0 Å². The first-order chi connectivity index (χ1) is 13.8. The fourth-order valence-corrected chi connectivity index (χ4v) is 3.49. The second-order valence-electron chi connectivity index (χ2n) is 6.99. The molecule has 4 rings (SSSR count). The Hall–Kier alpha value is -3.05. The van der Waals surface area contributed by atoms with E-state index in [1.165, 1.54) is 0 Å². The van der Waals surface area contributed by atoms with Crippen LogP contribution in [0, 0.1) is 0 Å². The minimum atomic E-state index is 0.0218. The lowest BCUT2D eigenvalue weighted by molar-refractivity contribution is 0.0507. The van der Waals surface area contributed by atoms with E-state index in [-0.39, 0.29) is 12.0 Å². The Morgan fingerprint density at radius 2 is 1.57 bits per heavy atom. The van der Waals surface area contributed by atoms with Crippen molar-refractivity contribution in [2.24, 2.45) is 0 Å². The first kappa shape index (κ1) is 18.3. The number of carbonyl (C=O) groups is 1. The number of aromatic nitrogens is 2. The van der Waals surface area contributed by atoms with E-state index in [0.717, 1.165) is 36.1 Å². The summed E-state index contributed by atoms with van der Waals surface area (Å²) in [6.07, 6.45) is 9.23. The standard InChI is InChI=1S/C23H23N3O2/c27-23(21-5-3-19(4-6-21)20-9-13-25-14-10-20)26(17-22-2-1-15-28-22)16-18-7-11-24-12-8-18/h3-14,22H,1-2,15-17H2. The molecule has 0 spiro atoms. The largest absolute Gasteiger partial charge is 0.376 e. The summed E-state index contributed by atoms with van der Waals surface area (Å²) in [6, 6.07) is 15.6. The van der Waals surface area contributed by atoms with Crippen LogP contribution in [0.5, 0.6) is 0 Å². The Balaban J connectivity index is 1.53. The van der Waals surface area contributed by atoms with Crippen molar-refractivity contribution in [1.82, 2.24) is 14.9 Å². The third-order valence-electron chi connectivity index (χ3n) is 5.00. The molecule has 0 saturated carbocycles. The SMILES string of the molecule is O=C(c1ccc(-c2ccncc2)cc1)N(Cc1ccncc1)CC1CCCO1. The van der Waals surface area contributed by atoms with E-state index in [0.29, 0.717) is 18.7 Å². The normalized spacial score (nSPS) is 16.1. The molecule has 3 heterocycles. The third-order valence-corrected chi connectivity index (χ3v) is 5.00. The van der Waals surface area contributed by atoms with Gasteiger partial charge < -0.3 is 9.64 Å². The van der Waals surface area contributed by atoms with Crippen molar-refractivity contribution in [1.29, 1.82) is 0 Å². The lowest BCUT2D eigenvalue weighted by atomic mass is 10.0. The third kappa shape index (κ3) is 4.43. The van der Waals surface area contributed by atoms with Gasteiger partial charge in [0, 0.05) is 50.0 Å². The van der Waals surface area contributed by atoms with Crippen LogP contribution in [-0.2, 0) is 11.3 Å². The Morgan fingerprint density at radius 3 is 2.21 bits per heavy atom. The molecule has 28 heavy (non-hydrogen) atoms. The van der Waals surface area contributed by atoms with Gasteiger partial charge >= 0.3 is 0 Å². The number of hydrogen-bond acceptors (Lipinski definition) is 4. The molecule has 1 fully saturated rings. The van der Waals surface area contributed by atoms with Crippen molar-refractivity contribution in [3.63, 3.8) is 0 Å². The van der Waals surface area contributed by atoms with E-state index in [2.05, 4.69) is 9.97 Å². The minimum Gasteiger partial charge on any atom is -0.376 e. The highest BCUT2D eigenvalue weighted by Gasteiger charge is 2.23. The van der Waals surface area contributed by atoms with Crippen molar-refractivity contribution >= 4 is 5.91 Å². The second kappa shape index (κ2) is 8.76. The van der Waals surface area contributed by atoms with Gasteiger partial charge in [0.05, 0.1) is 6.10 Å². The summed E-state index contributed by atoms with van der Waals surface area (Å²) < 4.78 is 5.77. The molecule has 1 saturated heterocycles. The summed E-state index contributed by atoms with van der Waals surface area (Å²) in [5.74, 6) is 0.0218. The van der Waals surface area contributed by atoms with Crippen molar-refractivity contribution < 1.29 is 9.53 Å². The molecular weight excluding hydrogens is 350 g/mol. The number of hydrogen-bond donors (Lipinski definition) is 0. The molecule has 1 unspecified atom stereocenters. The Labute approximate surface area is 165 Å². The molecule has 5 nitrogen and oxygen atoms in total.